The first-order valence-corrected chi connectivity index (χ1v) is 14.5. The topological polar surface area (TPSA) is 20.2 Å². The highest BCUT2D eigenvalue weighted by Gasteiger charge is 2.04. The maximum atomic E-state index is 10.2. The first-order valence-electron chi connectivity index (χ1n) is 12.2. The fourth-order valence-electron chi connectivity index (χ4n) is 3.55. The van der Waals surface area contributed by atoms with Gasteiger partial charge in [0.15, 0.2) is 0 Å². The molecule has 0 saturated heterocycles. The van der Waals surface area contributed by atoms with Gasteiger partial charge < -0.3 is 5.11 Å². The van der Waals surface area contributed by atoms with E-state index in [1.54, 1.807) is 0 Å². The number of hydrogen-bond acceptors (Lipinski definition) is 3. The molecule has 0 fully saturated rings. The first-order chi connectivity index (χ1) is 14.3. The van der Waals surface area contributed by atoms with E-state index in [2.05, 4.69) is 37.7 Å². The Hall–Kier alpha value is -0.280. The van der Waals surface area contributed by atoms with E-state index < -0.39 is 0 Å². The van der Waals surface area contributed by atoms with Gasteiger partial charge >= 0.3 is 0 Å². The third-order valence-electron chi connectivity index (χ3n) is 5.43. The number of thioether (sulfide) groups is 2. The van der Waals surface area contributed by atoms with Crippen LogP contribution in [0.4, 0.5) is 0 Å². The van der Waals surface area contributed by atoms with Gasteiger partial charge in [0.1, 0.15) is 5.75 Å². The third-order valence-corrected chi connectivity index (χ3v) is 7.70. The first kappa shape index (κ1) is 26.8. The van der Waals surface area contributed by atoms with E-state index in [1.165, 1.54) is 106 Å². The van der Waals surface area contributed by atoms with Crippen LogP contribution in [0.5, 0.6) is 5.75 Å². The summed E-state index contributed by atoms with van der Waals surface area (Å²) in [5, 5.41) is 10.2. The van der Waals surface area contributed by atoms with Crippen LogP contribution in [0.3, 0.4) is 0 Å². The smallest absolute Gasteiger partial charge is 0.118 e. The summed E-state index contributed by atoms with van der Waals surface area (Å²) in [6.07, 6.45) is 18.7. The molecule has 0 aliphatic rings. The molecule has 1 aromatic rings. The standard InChI is InChI=1S/C26H46OS2/c1-3-5-7-9-11-13-19-28-21-15-16-25-22-24(17-18-26(25)27)23-29-20-14-12-10-8-6-4-2/h17-18,22,27H,3-16,19-21,23H2,1-2H3. The average molecular weight is 439 g/mol. The van der Waals surface area contributed by atoms with Gasteiger partial charge in [0.2, 0.25) is 0 Å². The molecule has 1 N–H and O–H groups in total. The molecule has 0 radical (unpaired) electrons. The van der Waals surface area contributed by atoms with E-state index in [-0.39, 0.29) is 0 Å². The van der Waals surface area contributed by atoms with E-state index >= 15 is 0 Å². The summed E-state index contributed by atoms with van der Waals surface area (Å²) in [4.78, 5) is 0. The van der Waals surface area contributed by atoms with E-state index in [9.17, 15) is 5.11 Å². The van der Waals surface area contributed by atoms with Gasteiger partial charge in [-0.15, -0.1) is 0 Å². The monoisotopic (exact) mass is 438 g/mol. The van der Waals surface area contributed by atoms with Crippen LogP contribution < -0.4 is 0 Å². The number of aromatic hydroxyl groups is 1. The Kier molecular flexibility index (Phi) is 18.1. The molecule has 0 atom stereocenters. The van der Waals surface area contributed by atoms with Gasteiger partial charge in [0, 0.05) is 5.75 Å². The summed E-state index contributed by atoms with van der Waals surface area (Å²) in [5.74, 6) is 5.33. The van der Waals surface area contributed by atoms with Crippen molar-refractivity contribution >= 4 is 23.5 Å². The third kappa shape index (κ3) is 15.2. The fraction of sp³-hybridized carbons (Fsp3) is 0.769. The molecule has 1 aromatic carbocycles. The second-order valence-corrected chi connectivity index (χ2v) is 10.6. The number of benzene rings is 1. The minimum Gasteiger partial charge on any atom is -0.508 e. The van der Waals surface area contributed by atoms with Crippen molar-refractivity contribution in [1.29, 1.82) is 0 Å². The second kappa shape index (κ2) is 19.7. The van der Waals surface area contributed by atoms with Crippen molar-refractivity contribution in [3.63, 3.8) is 0 Å². The lowest BCUT2D eigenvalue weighted by molar-refractivity contribution is 0.467. The summed E-state index contributed by atoms with van der Waals surface area (Å²) in [5.41, 5.74) is 2.51. The fourth-order valence-corrected chi connectivity index (χ4v) is 5.48. The molecule has 168 valence electrons. The second-order valence-electron chi connectivity index (χ2n) is 8.27. The van der Waals surface area contributed by atoms with Gasteiger partial charge in [-0.05, 0) is 60.1 Å². The number of phenols is 1. The van der Waals surface area contributed by atoms with Crippen molar-refractivity contribution in [3.8, 4) is 5.75 Å². The van der Waals surface area contributed by atoms with Gasteiger partial charge in [-0.3, -0.25) is 0 Å². The quantitative estimate of drug-likeness (QED) is 0.205. The molecule has 1 rings (SSSR count). The van der Waals surface area contributed by atoms with Crippen molar-refractivity contribution in [1.82, 2.24) is 0 Å². The number of aryl methyl sites for hydroxylation is 1. The molecule has 0 aliphatic carbocycles. The molecule has 29 heavy (non-hydrogen) atoms. The van der Waals surface area contributed by atoms with Crippen LogP contribution in [0.2, 0.25) is 0 Å². The van der Waals surface area contributed by atoms with E-state index in [1.807, 2.05) is 17.8 Å². The lowest BCUT2D eigenvalue weighted by Gasteiger charge is -2.08. The molecule has 0 bridgehead atoms. The summed E-state index contributed by atoms with van der Waals surface area (Å²) in [6, 6.07) is 6.24. The number of hydrogen-bond donors (Lipinski definition) is 1. The normalized spacial score (nSPS) is 11.2. The van der Waals surface area contributed by atoms with Gasteiger partial charge in [-0.1, -0.05) is 90.2 Å². The summed E-state index contributed by atoms with van der Waals surface area (Å²) in [7, 11) is 0. The van der Waals surface area contributed by atoms with Gasteiger partial charge in [-0.25, -0.2) is 0 Å². The molecule has 0 spiro atoms. The number of unbranched alkanes of at least 4 members (excludes halogenated alkanes) is 10. The van der Waals surface area contributed by atoms with Crippen LogP contribution in [0.1, 0.15) is 108 Å². The summed E-state index contributed by atoms with van der Waals surface area (Å²) < 4.78 is 0. The molecule has 0 aromatic heterocycles. The van der Waals surface area contributed by atoms with E-state index in [0.29, 0.717) is 5.75 Å². The number of phenolic OH excluding ortho intramolecular Hbond substituents is 1. The van der Waals surface area contributed by atoms with Gasteiger partial charge in [0.05, 0.1) is 0 Å². The van der Waals surface area contributed by atoms with Crippen molar-refractivity contribution in [2.75, 3.05) is 17.3 Å². The zero-order valence-electron chi connectivity index (χ0n) is 19.2. The Morgan fingerprint density at radius 2 is 1.21 bits per heavy atom. The van der Waals surface area contributed by atoms with Crippen LogP contribution in [0, 0.1) is 0 Å². The minimum absolute atomic E-state index is 0.482. The maximum absolute atomic E-state index is 10.2. The lowest BCUT2D eigenvalue weighted by atomic mass is 10.1. The molecule has 0 unspecified atom stereocenters. The number of rotatable bonds is 20. The summed E-state index contributed by atoms with van der Waals surface area (Å²) >= 11 is 4.13. The highest BCUT2D eigenvalue weighted by atomic mass is 32.2. The maximum Gasteiger partial charge on any atom is 0.118 e. The Morgan fingerprint density at radius 1 is 0.655 bits per heavy atom. The summed E-state index contributed by atoms with van der Waals surface area (Å²) in [6.45, 7) is 4.55. The average Bonchev–Trinajstić information content (AvgIpc) is 2.73. The Morgan fingerprint density at radius 3 is 1.86 bits per heavy atom. The highest BCUT2D eigenvalue weighted by molar-refractivity contribution is 7.99. The zero-order valence-corrected chi connectivity index (χ0v) is 20.9. The van der Waals surface area contributed by atoms with Crippen LogP contribution in [0.15, 0.2) is 18.2 Å². The predicted molar refractivity (Wildman–Crippen MR) is 137 cm³/mol. The molecule has 0 aliphatic heterocycles. The van der Waals surface area contributed by atoms with Gasteiger partial charge in [0.25, 0.3) is 0 Å². The van der Waals surface area contributed by atoms with Crippen molar-refractivity contribution < 1.29 is 5.11 Å². The Bertz CT molecular complexity index is 490. The largest absolute Gasteiger partial charge is 0.508 e. The lowest BCUT2D eigenvalue weighted by Crippen LogP contribution is -1.93. The minimum atomic E-state index is 0.482. The molecule has 0 saturated carbocycles. The molecule has 0 amide bonds. The highest BCUT2D eigenvalue weighted by Crippen LogP contribution is 2.24. The van der Waals surface area contributed by atoms with Gasteiger partial charge in [-0.2, -0.15) is 23.5 Å². The Labute approximate surface area is 190 Å². The predicted octanol–water partition coefficient (Wildman–Crippen LogP) is 9.01. The van der Waals surface area contributed by atoms with Crippen LogP contribution in [-0.2, 0) is 12.2 Å². The molecule has 1 nitrogen and oxygen atoms in total. The van der Waals surface area contributed by atoms with Crippen LogP contribution >= 0.6 is 23.5 Å². The molecular weight excluding hydrogens is 392 g/mol. The van der Waals surface area contributed by atoms with Crippen LogP contribution in [0.25, 0.3) is 0 Å². The van der Waals surface area contributed by atoms with Crippen molar-refractivity contribution in [3.05, 3.63) is 29.3 Å². The van der Waals surface area contributed by atoms with Crippen LogP contribution in [-0.4, -0.2) is 22.4 Å². The molecular formula is C26H46OS2. The zero-order chi connectivity index (χ0) is 21.0. The van der Waals surface area contributed by atoms with E-state index in [0.717, 1.165) is 17.7 Å². The SMILES string of the molecule is CCCCCCCCSCCCc1cc(CSCCCCCCCC)ccc1O. The van der Waals surface area contributed by atoms with Crippen molar-refractivity contribution in [2.24, 2.45) is 0 Å². The molecule has 0 heterocycles. The Balaban J connectivity index is 2.09. The van der Waals surface area contributed by atoms with E-state index in [4.69, 9.17) is 0 Å². The molecule has 3 heteroatoms. The van der Waals surface area contributed by atoms with Crippen molar-refractivity contribution in [2.45, 2.75) is 109 Å².